The van der Waals surface area contributed by atoms with Gasteiger partial charge in [0.15, 0.2) is 0 Å². The molecule has 1 amide bonds. The van der Waals surface area contributed by atoms with Gasteiger partial charge in [0.1, 0.15) is 11.4 Å². The van der Waals surface area contributed by atoms with Crippen LogP contribution in [0.5, 0.6) is 5.75 Å². The van der Waals surface area contributed by atoms with Gasteiger partial charge < -0.3 is 15.0 Å². The number of amides is 1. The molecule has 192 valence electrons. The van der Waals surface area contributed by atoms with Crippen molar-refractivity contribution in [2.45, 2.75) is 39.5 Å². The monoisotopic (exact) mass is 499 g/mol. The highest BCUT2D eigenvalue weighted by Crippen LogP contribution is 2.38. The van der Waals surface area contributed by atoms with Gasteiger partial charge in [0.05, 0.1) is 12.0 Å². The van der Waals surface area contributed by atoms with Crippen molar-refractivity contribution < 1.29 is 14.5 Å². The number of aryl methyl sites for hydroxylation is 3. The maximum atomic E-state index is 12.6. The smallest absolute Gasteiger partial charge is 0.293 e. The average Bonchev–Trinajstić information content (AvgIpc) is 2.89. The Balaban J connectivity index is 1.46. The molecule has 1 heterocycles. The summed E-state index contributed by atoms with van der Waals surface area (Å²) < 4.78 is 5.53. The summed E-state index contributed by atoms with van der Waals surface area (Å²) in [6, 6.07) is 17.2. The van der Waals surface area contributed by atoms with Crippen molar-refractivity contribution in [1.82, 2.24) is 0 Å². The molecule has 0 spiro atoms. The maximum absolute atomic E-state index is 12.6. The number of nitrogens with zero attached hydrogens (tertiary/aromatic N) is 2. The first-order valence-corrected chi connectivity index (χ1v) is 12.5. The molecule has 7 heteroatoms. The van der Waals surface area contributed by atoms with Crippen LogP contribution in [0, 0.1) is 30.9 Å². The van der Waals surface area contributed by atoms with Crippen molar-refractivity contribution >= 4 is 29.0 Å². The van der Waals surface area contributed by atoms with E-state index in [4.69, 9.17) is 4.74 Å². The summed E-state index contributed by atoms with van der Waals surface area (Å²) in [6.45, 7) is 7.37. The summed E-state index contributed by atoms with van der Waals surface area (Å²) in [7, 11) is 1.68. The van der Waals surface area contributed by atoms with Gasteiger partial charge in [-0.25, -0.2) is 0 Å². The normalized spacial score (nSPS) is 14.1. The predicted molar refractivity (Wildman–Crippen MR) is 149 cm³/mol. The van der Waals surface area contributed by atoms with Crippen LogP contribution in [0.2, 0.25) is 0 Å². The molecule has 0 bridgehead atoms. The van der Waals surface area contributed by atoms with E-state index in [1.165, 1.54) is 17.7 Å². The second kappa shape index (κ2) is 11.3. The third kappa shape index (κ3) is 6.00. The Morgan fingerprint density at radius 1 is 1.05 bits per heavy atom. The number of hydrogen-bond acceptors (Lipinski definition) is 5. The Morgan fingerprint density at radius 2 is 1.73 bits per heavy atom. The first kappa shape index (κ1) is 25.9. The molecule has 3 aromatic carbocycles. The van der Waals surface area contributed by atoms with Crippen LogP contribution in [0.3, 0.4) is 0 Å². The van der Waals surface area contributed by atoms with Gasteiger partial charge in [0.2, 0.25) is 5.91 Å². The molecular weight excluding hydrogens is 466 g/mol. The lowest BCUT2D eigenvalue weighted by Gasteiger charge is -2.34. The molecule has 0 aliphatic carbocycles. The summed E-state index contributed by atoms with van der Waals surface area (Å²) in [5.41, 5.74) is 6.36. The van der Waals surface area contributed by atoms with E-state index in [0.717, 1.165) is 54.1 Å². The molecule has 0 aromatic heterocycles. The number of para-hydroxylation sites is 1. The fourth-order valence-electron chi connectivity index (χ4n) is 5.21. The highest BCUT2D eigenvalue weighted by atomic mass is 16.6. The van der Waals surface area contributed by atoms with Crippen LogP contribution in [-0.4, -0.2) is 31.0 Å². The molecule has 1 fully saturated rings. The Hall–Kier alpha value is -4.13. The Bertz CT molecular complexity index is 1320. The molecule has 0 unspecified atom stereocenters. The summed E-state index contributed by atoms with van der Waals surface area (Å²) in [5.74, 6) is 0.966. The van der Waals surface area contributed by atoms with Crippen LogP contribution < -0.4 is 15.0 Å². The number of hydrogen-bond donors (Lipinski definition) is 1. The molecule has 1 aliphatic rings. The minimum Gasteiger partial charge on any atom is -0.496 e. The van der Waals surface area contributed by atoms with Gasteiger partial charge in [-0.2, -0.15) is 0 Å². The summed E-state index contributed by atoms with van der Waals surface area (Å²) >= 11 is 0. The Labute approximate surface area is 217 Å². The standard InChI is InChI=1S/C30H33N3O4/c1-20-17-21(2)30(22(3)18-20)31-29(34)12-10-23-9-11-26(27(19-23)33(35)36)32-15-13-24(14-16-32)25-7-5-6-8-28(25)37-4/h5-12,17-19,24H,13-16H2,1-4H3,(H,31,34)/b12-10+. The second-order valence-electron chi connectivity index (χ2n) is 9.60. The summed E-state index contributed by atoms with van der Waals surface area (Å²) in [4.78, 5) is 26.2. The number of ether oxygens (including phenoxy) is 1. The van der Waals surface area contributed by atoms with Crippen molar-refractivity contribution in [3.8, 4) is 5.75 Å². The third-order valence-corrected chi connectivity index (χ3v) is 6.96. The summed E-state index contributed by atoms with van der Waals surface area (Å²) in [6.07, 6.45) is 4.80. The van der Waals surface area contributed by atoms with E-state index in [9.17, 15) is 14.9 Å². The topological polar surface area (TPSA) is 84.7 Å². The van der Waals surface area contributed by atoms with E-state index in [1.807, 2.05) is 57.2 Å². The highest BCUT2D eigenvalue weighted by molar-refractivity contribution is 6.03. The molecule has 1 saturated heterocycles. The first-order chi connectivity index (χ1) is 17.8. The van der Waals surface area contributed by atoms with Crippen molar-refractivity contribution in [1.29, 1.82) is 0 Å². The number of methoxy groups -OCH3 is 1. The molecule has 3 aromatic rings. The number of rotatable bonds is 7. The number of nitro benzene ring substituents is 1. The number of piperidine rings is 1. The molecule has 0 atom stereocenters. The van der Waals surface area contributed by atoms with Crippen LogP contribution in [0.4, 0.5) is 17.1 Å². The third-order valence-electron chi connectivity index (χ3n) is 6.96. The number of anilines is 2. The summed E-state index contributed by atoms with van der Waals surface area (Å²) in [5, 5.41) is 14.9. The van der Waals surface area contributed by atoms with E-state index in [2.05, 4.69) is 16.3 Å². The Morgan fingerprint density at radius 3 is 2.38 bits per heavy atom. The van der Waals surface area contributed by atoms with Crippen molar-refractivity contribution in [2.75, 3.05) is 30.4 Å². The van der Waals surface area contributed by atoms with Crippen molar-refractivity contribution in [2.24, 2.45) is 0 Å². The number of carbonyl (C=O) groups excluding carboxylic acids is 1. The number of carbonyl (C=O) groups is 1. The minimum absolute atomic E-state index is 0.0449. The van der Waals surface area contributed by atoms with E-state index in [1.54, 1.807) is 19.3 Å². The van der Waals surface area contributed by atoms with Crippen LogP contribution >= 0.6 is 0 Å². The lowest BCUT2D eigenvalue weighted by molar-refractivity contribution is -0.384. The van der Waals surface area contributed by atoms with Gasteiger partial charge >= 0.3 is 0 Å². The van der Waals surface area contributed by atoms with Gasteiger partial charge in [0.25, 0.3) is 5.69 Å². The lowest BCUT2D eigenvalue weighted by atomic mass is 9.88. The highest BCUT2D eigenvalue weighted by Gasteiger charge is 2.27. The molecule has 1 aliphatic heterocycles. The SMILES string of the molecule is COc1ccccc1C1CCN(c2ccc(/C=C/C(=O)Nc3c(C)cc(C)cc3C)cc2[N+](=O)[O-])CC1. The maximum Gasteiger partial charge on any atom is 0.293 e. The molecule has 7 nitrogen and oxygen atoms in total. The Kier molecular flexibility index (Phi) is 7.92. The first-order valence-electron chi connectivity index (χ1n) is 12.5. The zero-order valence-corrected chi connectivity index (χ0v) is 21.8. The van der Waals surface area contributed by atoms with Gasteiger partial charge in [0, 0.05) is 30.9 Å². The minimum atomic E-state index is -0.349. The number of benzene rings is 3. The number of nitro groups is 1. The van der Waals surface area contributed by atoms with Crippen molar-refractivity contribution in [3.63, 3.8) is 0 Å². The van der Waals surface area contributed by atoms with Gasteiger partial charge in [-0.15, -0.1) is 0 Å². The second-order valence-corrected chi connectivity index (χ2v) is 9.60. The zero-order chi connectivity index (χ0) is 26.5. The van der Waals surface area contributed by atoms with E-state index < -0.39 is 0 Å². The average molecular weight is 500 g/mol. The molecule has 0 radical (unpaired) electrons. The van der Waals surface area contributed by atoms with Crippen molar-refractivity contribution in [3.05, 3.63) is 98.6 Å². The molecule has 37 heavy (non-hydrogen) atoms. The molecule has 1 N–H and O–H groups in total. The fraction of sp³-hybridized carbons (Fsp3) is 0.300. The largest absolute Gasteiger partial charge is 0.496 e. The molecule has 4 rings (SSSR count). The quantitative estimate of drug-likeness (QED) is 0.226. The van der Waals surface area contributed by atoms with E-state index in [-0.39, 0.29) is 16.5 Å². The van der Waals surface area contributed by atoms with Crippen LogP contribution in [0.15, 0.2) is 60.7 Å². The molecule has 0 saturated carbocycles. The van der Waals surface area contributed by atoms with Gasteiger partial charge in [-0.3, -0.25) is 14.9 Å². The predicted octanol–water partition coefficient (Wildman–Crippen LogP) is 6.56. The van der Waals surface area contributed by atoms with E-state index in [0.29, 0.717) is 17.2 Å². The zero-order valence-electron chi connectivity index (χ0n) is 21.8. The van der Waals surface area contributed by atoms with Gasteiger partial charge in [-0.1, -0.05) is 42.0 Å². The van der Waals surface area contributed by atoms with Crippen LogP contribution in [0.25, 0.3) is 6.08 Å². The number of nitrogens with one attached hydrogen (secondary N) is 1. The van der Waals surface area contributed by atoms with Crippen LogP contribution in [-0.2, 0) is 4.79 Å². The van der Waals surface area contributed by atoms with Gasteiger partial charge in [-0.05, 0) is 80.0 Å². The lowest BCUT2D eigenvalue weighted by Crippen LogP contribution is -2.33. The van der Waals surface area contributed by atoms with E-state index >= 15 is 0 Å². The fourth-order valence-corrected chi connectivity index (χ4v) is 5.21. The van der Waals surface area contributed by atoms with Crippen LogP contribution in [0.1, 0.15) is 46.6 Å². The molecular formula is C30H33N3O4.